The Morgan fingerprint density at radius 2 is 1.36 bits per heavy atom. The van der Waals surface area contributed by atoms with E-state index >= 15 is 0 Å². The van der Waals surface area contributed by atoms with Crippen LogP contribution < -0.4 is 15.2 Å². The van der Waals surface area contributed by atoms with Crippen LogP contribution >= 0.6 is 0 Å². The summed E-state index contributed by atoms with van der Waals surface area (Å²) in [5.74, 6) is 1.77. The lowest BCUT2D eigenvalue weighted by molar-refractivity contribution is -0.0850. The van der Waals surface area contributed by atoms with Gasteiger partial charge in [-0.2, -0.15) is 0 Å². The molecule has 290 valence electrons. The van der Waals surface area contributed by atoms with Gasteiger partial charge in [-0.25, -0.2) is 15.0 Å². The summed E-state index contributed by atoms with van der Waals surface area (Å²) in [6.07, 6.45) is 3.26. The Morgan fingerprint density at radius 1 is 0.786 bits per heavy atom. The molecule has 1 saturated heterocycles. The first-order chi connectivity index (χ1) is 26.9. The minimum absolute atomic E-state index is 0.103. The van der Waals surface area contributed by atoms with Crippen LogP contribution in [0.15, 0.2) is 127 Å². The minimum Gasteiger partial charge on any atom is -0.497 e. The van der Waals surface area contributed by atoms with Crippen LogP contribution in [-0.4, -0.2) is 73.1 Å². The molecule has 0 saturated carbocycles. The van der Waals surface area contributed by atoms with Gasteiger partial charge in [-0.3, -0.25) is 9.56 Å². The quantitative estimate of drug-likeness (QED) is 0.0702. The van der Waals surface area contributed by atoms with E-state index in [4.69, 9.17) is 34.1 Å². The van der Waals surface area contributed by atoms with Crippen molar-refractivity contribution in [3.63, 3.8) is 0 Å². The third kappa shape index (κ3) is 7.57. The highest BCUT2D eigenvalue weighted by Gasteiger charge is 2.52. The van der Waals surface area contributed by atoms with E-state index in [1.807, 2.05) is 108 Å². The molecule has 4 atom stereocenters. The first-order valence-electron chi connectivity index (χ1n) is 18.8. The maximum absolute atomic E-state index is 7.42. The number of benzene rings is 4. The summed E-state index contributed by atoms with van der Waals surface area (Å²) in [5, 5.41) is -0.103. The Balaban J connectivity index is 1.38. The Hall–Kier alpha value is -5.40. The topological polar surface area (TPSA) is 128 Å². The molecule has 11 nitrogen and oxygen atoms in total. The van der Waals surface area contributed by atoms with Gasteiger partial charge in [0.2, 0.25) is 0 Å². The number of nitrogens with zero attached hydrogens (tertiary/aromatic N) is 5. The lowest BCUT2D eigenvalue weighted by Crippen LogP contribution is -2.48. The second-order valence-corrected chi connectivity index (χ2v) is 20.2. The summed E-state index contributed by atoms with van der Waals surface area (Å²) in [4.78, 5) is 18.7. The number of methoxy groups -OCH3 is 2. The lowest BCUT2D eigenvalue weighted by atomic mass is 9.80. The molecule has 1 aliphatic rings. The standard InChI is InChI=1S/C44H50N6O5Si/c1-43(2,3)56(6,7)55-39-37(46-26-30-14-10-8-11-15-30)36(54-42(39)50-29-49-38-40(45)47-28-48-41(38)50)27-53-44(31-16-12-9-13-17-31,32-18-22-34(51-4)23-19-32)33-20-24-35(52-5)25-21-33/h8-26,28-29,36-37,39,42H,27H2,1-7H3,(H2,45,47,48)/t36-,37-,39-,42-/m1/s1. The molecular weight excluding hydrogens is 721 g/mol. The van der Waals surface area contributed by atoms with Gasteiger partial charge in [0.1, 0.15) is 47.2 Å². The van der Waals surface area contributed by atoms with E-state index in [0.717, 1.165) is 33.8 Å². The van der Waals surface area contributed by atoms with E-state index in [2.05, 4.69) is 60.9 Å². The van der Waals surface area contributed by atoms with E-state index in [1.54, 1.807) is 20.5 Å². The molecule has 0 spiro atoms. The van der Waals surface area contributed by atoms with Gasteiger partial charge in [0, 0.05) is 6.21 Å². The summed E-state index contributed by atoms with van der Waals surface area (Å²) < 4.78 is 35.0. The van der Waals surface area contributed by atoms with Crippen molar-refractivity contribution in [3.8, 4) is 11.5 Å². The molecule has 7 rings (SSSR count). The Bertz CT molecular complexity index is 2200. The summed E-state index contributed by atoms with van der Waals surface area (Å²) in [5.41, 5.74) is 9.97. The number of rotatable bonds is 13. The average molecular weight is 771 g/mol. The van der Waals surface area contributed by atoms with Gasteiger partial charge in [-0.05, 0) is 64.7 Å². The molecule has 56 heavy (non-hydrogen) atoms. The van der Waals surface area contributed by atoms with Crippen molar-refractivity contribution in [1.29, 1.82) is 0 Å². The summed E-state index contributed by atoms with van der Waals surface area (Å²) in [6.45, 7) is 11.3. The SMILES string of the molecule is COc1ccc(C(OC[C@H]2O[C@@H](n3cnc4c(N)ncnc43)[C@H](O[Si](C)(C)C(C)(C)C)[C@@H]2N=Cc2ccccc2)(c2ccccc2)c2ccc(OC)cc2)cc1. The van der Waals surface area contributed by atoms with Crippen LogP contribution in [0.5, 0.6) is 11.5 Å². The van der Waals surface area contributed by atoms with Crippen molar-refractivity contribution < 1.29 is 23.4 Å². The second-order valence-electron chi connectivity index (χ2n) is 15.5. The molecular formula is C44H50N6O5Si. The summed E-state index contributed by atoms with van der Waals surface area (Å²) in [7, 11) is 0.897. The van der Waals surface area contributed by atoms with Crippen molar-refractivity contribution in [2.75, 3.05) is 26.6 Å². The van der Waals surface area contributed by atoms with Gasteiger partial charge in [-0.15, -0.1) is 0 Å². The molecule has 0 amide bonds. The molecule has 2 aromatic heterocycles. The number of aromatic nitrogens is 4. The summed E-state index contributed by atoms with van der Waals surface area (Å²) in [6, 6.07) is 35.8. The van der Waals surface area contributed by atoms with Crippen molar-refractivity contribution >= 4 is 31.5 Å². The van der Waals surface area contributed by atoms with Gasteiger partial charge in [0.05, 0.1) is 27.2 Å². The minimum atomic E-state index is -2.43. The number of aliphatic imine (C=N–C) groups is 1. The molecule has 4 aromatic carbocycles. The number of nitrogen functional groups attached to an aromatic ring is 1. The number of ether oxygens (including phenoxy) is 4. The highest BCUT2D eigenvalue weighted by Crippen LogP contribution is 2.46. The third-order valence-corrected chi connectivity index (χ3v) is 15.5. The zero-order chi connectivity index (χ0) is 39.5. The fraction of sp³-hybridized carbons (Fsp3) is 0.318. The third-order valence-electron chi connectivity index (χ3n) is 11.0. The predicted octanol–water partition coefficient (Wildman–Crippen LogP) is 8.21. The van der Waals surface area contributed by atoms with Crippen LogP contribution in [0.2, 0.25) is 18.1 Å². The molecule has 1 fully saturated rings. The van der Waals surface area contributed by atoms with Crippen molar-refractivity contribution in [2.24, 2.45) is 4.99 Å². The fourth-order valence-corrected chi connectivity index (χ4v) is 8.24. The first kappa shape index (κ1) is 38.9. The number of anilines is 1. The van der Waals surface area contributed by atoms with Gasteiger partial charge < -0.3 is 29.1 Å². The molecule has 6 aromatic rings. The molecule has 0 radical (unpaired) electrons. The number of nitrogens with two attached hydrogens (primary N) is 1. The highest BCUT2D eigenvalue weighted by atomic mass is 28.4. The zero-order valence-electron chi connectivity index (χ0n) is 33.0. The zero-order valence-corrected chi connectivity index (χ0v) is 34.0. The van der Waals surface area contributed by atoms with Gasteiger partial charge in [0.15, 0.2) is 26.0 Å². The Morgan fingerprint density at radius 3 is 1.93 bits per heavy atom. The molecule has 12 heteroatoms. The van der Waals surface area contributed by atoms with Crippen LogP contribution in [0, 0.1) is 0 Å². The number of fused-ring (bicyclic) bond motifs is 1. The number of imidazole rings is 1. The van der Waals surface area contributed by atoms with Gasteiger partial charge >= 0.3 is 0 Å². The van der Waals surface area contributed by atoms with Crippen molar-refractivity contribution in [1.82, 2.24) is 19.5 Å². The van der Waals surface area contributed by atoms with Gasteiger partial charge in [0.25, 0.3) is 0 Å². The molecule has 0 bridgehead atoms. The molecule has 0 unspecified atom stereocenters. The van der Waals surface area contributed by atoms with Gasteiger partial charge in [-0.1, -0.05) is 106 Å². The van der Waals surface area contributed by atoms with E-state index < -0.39 is 38.4 Å². The van der Waals surface area contributed by atoms with E-state index in [1.165, 1.54) is 6.33 Å². The maximum Gasteiger partial charge on any atom is 0.192 e. The fourth-order valence-electron chi connectivity index (χ4n) is 6.95. The first-order valence-corrected chi connectivity index (χ1v) is 21.7. The van der Waals surface area contributed by atoms with Crippen LogP contribution in [0.3, 0.4) is 0 Å². The summed E-state index contributed by atoms with van der Waals surface area (Å²) >= 11 is 0. The molecule has 2 N–H and O–H groups in total. The van der Waals surface area contributed by atoms with Crippen molar-refractivity contribution in [3.05, 3.63) is 144 Å². The average Bonchev–Trinajstić information content (AvgIpc) is 3.79. The van der Waals surface area contributed by atoms with Crippen LogP contribution in [0.4, 0.5) is 5.82 Å². The monoisotopic (exact) mass is 770 g/mol. The van der Waals surface area contributed by atoms with Crippen LogP contribution in [0.1, 0.15) is 49.3 Å². The van der Waals surface area contributed by atoms with Crippen LogP contribution in [-0.2, 0) is 19.5 Å². The predicted molar refractivity (Wildman–Crippen MR) is 222 cm³/mol. The molecule has 0 aliphatic carbocycles. The number of hydrogen-bond acceptors (Lipinski definition) is 10. The Labute approximate surface area is 329 Å². The molecule has 1 aliphatic heterocycles. The maximum atomic E-state index is 7.42. The van der Waals surface area contributed by atoms with E-state index in [-0.39, 0.29) is 11.6 Å². The highest BCUT2D eigenvalue weighted by molar-refractivity contribution is 6.74. The number of hydrogen-bond donors (Lipinski definition) is 1. The van der Waals surface area contributed by atoms with E-state index in [9.17, 15) is 0 Å². The smallest absolute Gasteiger partial charge is 0.192 e. The van der Waals surface area contributed by atoms with Crippen molar-refractivity contribution in [2.45, 2.75) is 69.0 Å². The normalized spacial score (nSPS) is 19.1. The Kier molecular flexibility index (Phi) is 11.1. The van der Waals surface area contributed by atoms with E-state index in [0.29, 0.717) is 17.0 Å². The van der Waals surface area contributed by atoms with Crippen LogP contribution in [0.25, 0.3) is 11.2 Å². The lowest BCUT2D eigenvalue weighted by Gasteiger charge is -2.40. The molecule has 3 heterocycles. The largest absolute Gasteiger partial charge is 0.497 e. The second kappa shape index (κ2) is 16.0.